The summed E-state index contributed by atoms with van der Waals surface area (Å²) in [6.45, 7) is -1.21. The average Bonchev–Trinajstić information content (AvgIpc) is 2.42. The highest BCUT2D eigenvalue weighted by Gasteiger charge is 2.50. The van der Waals surface area contributed by atoms with Crippen LogP contribution in [0.4, 0.5) is 22.0 Å². The van der Waals surface area contributed by atoms with E-state index in [0.717, 1.165) is 0 Å². The van der Waals surface area contributed by atoms with Gasteiger partial charge in [-0.15, -0.1) is 24.0 Å². The number of nitrogens with one attached hydrogen (secondary N) is 2. The topological polar surface area (TPSA) is 73.8 Å². The number of hydrogen-bond acceptors (Lipinski definition) is 3. The molecule has 2 N–H and O–H groups in total. The van der Waals surface area contributed by atoms with Crippen molar-refractivity contribution in [3.63, 3.8) is 0 Å². The maximum atomic E-state index is 12.4. The minimum absolute atomic E-state index is 0. The van der Waals surface area contributed by atoms with E-state index in [0.29, 0.717) is 4.31 Å². The van der Waals surface area contributed by atoms with E-state index in [4.69, 9.17) is 0 Å². The van der Waals surface area contributed by atoms with Gasteiger partial charge >= 0.3 is 15.5 Å². The number of rotatable bonds is 4. The van der Waals surface area contributed by atoms with Gasteiger partial charge in [0.1, 0.15) is 0 Å². The molecular formula is C10H18F5IN4O2S. The van der Waals surface area contributed by atoms with Crippen LogP contribution in [-0.4, -0.2) is 63.3 Å². The standard InChI is InChI=1S/C10H17F5N4O2S.HI/c1-16-9(17-6-8(11)12)18-7-2-4-19(5-3-7)22(20,21)10(13,14)15;/h7-8H,2-6H2,1H3,(H2,16,17,18);1H. The zero-order valence-electron chi connectivity index (χ0n) is 12.1. The van der Waals surface area contributed by atoms with Gasteiger partial charge in [-0.1, -0.05) is 0 Å². The van der Waals surface area contributed by atoms with Crippen LogP contribution in [0.15, 0.2) is 4.99 Å². The number of nitrogens with zero attached hydrogens (tertiary/aromatic N) is 2. The highest BCUT2D eigenvalue weighted by molar-refractivity contribution is 14.0. The van der Waals surface area contributed by atoms with Crippen molar-refractivity contribution in [3.8, 4) is 0 Å². The zero-order chi connectivity index (χ0) is 17.0. The van der Waals surface area contributed by atoms with Gasteiger partial charge in [0.15, 0.2) is 5.96 Å². The number of hydrogen-bond donors (Lipinski definition) is 2. The van der Waals surface area contributed by atoms with E-state index in [1.807, 2.05) is 0 Å². The third kappa shape index (κ3) is 6.52. The summed E-state index contributed by atoms with van der Waals surface area (Å²) in [5, 5.41) is 5.13. The molecule has 23 heavy (non-hydrogen) atoms. The zero-order valence-corrected chi connectivity index (χ0v) is 15.3. The lowest BCUT2D eigenvalue weighted by Gasteiger charge is -2.32. The summed E-state index contributed by atoms with van der Waals surface area (Å²) >= 11 is 0. The fraction of sp³-hybridized carbons (Fsp3) is 0.900. The predicted octanol–water partition coefficient (Wildman–Crippen LogP) is 1.35. The minimum Gasteiger partial charge on any atom is -0.354 e. The molecule has 0 amide bonds. The molecule has 0 aromatic carbocycles. The van der Waals surface area contributed by atoms with E-state index in [1.54, 1.807) is 0 Å². The maximum absolute atomic E-state index is 12.4. The van der Waals surface area contributed by atoms with E-state index >= 15 is 0 Å². The van der Waals surface area contributed by atoms with Crippen molar-refractivity contribution in [1.82, 2.24) is 14.9 Å². The van der Waals surface area contributed by atoms with Crippen LogP contribution in [0.1, 0.15) is 12.8 Å². The Hall–Kier alpha value is -0.440. The average molecular weight is 480 g/mol. The fourth-order valence-electron chi connectivity index (χ4n) is 1.95. The number of halogens is 6. The molecule has 0 spiro atoms. The van der Waals surface area contributed by atoms with Crippen molar-refractivity contribution in [1.29, 1.82) is 0 Å². The minimum atomic E-state index is -5.32. The summed E-state index contributed by atoms with van der Waals surface area (Å²) in [6, 6.07) is -0.344. The third-order valence-electron chi connectivity index (χ3n) is 3.07. The molecule has 1 fully saturated rings. The molecule has 0 bridgehead atoms. The normalized spacial score (nSPS) is 18.7. The van der Waals surface area contributed by atoms with Crippen LogP contribution in [0.25, 0.3) is 0 Å². The molecule has 0 aromatic rings. The van der Waals surface area contributed by atoms with Gasteiger partial charge in [-0.05, 0) is 12.8 Å². The van der Waals surface area contributed by atoms with E-state index in [9.17, 15) is 30.4 Å². The van der Waals surface area contributed by atoms with Gasteiger partial charge in [0.05, 0.1) is 6.54 Å². The Balaban J connectivity index is 0.00000484. The third-order valence-corrected chi connectivity index (χ3v) is 4.70. The first-order valence-electron chi connectivity index (χ1n) is 6.39. The number of alkyl halides is 5. The van der Waals surface area contributed by atoms with E-state index < -0.39 is 28.5 Å². The van der Waals surface area contributed by atoms with E-state index in [2.05, 4.69) is 15.6 Å². The SMILES string of the molecule is CN=C(NCC(F)F)NC1CCN(S(=O)(=O)C(F)(F)F)CC1.I. The van der Waals surface area contributed by atoms with Gasteiger partial charge in [0.2, 0.25) is 0 Å². The second-order valence-corrected chi connectivity index (χ2v) is 6.54. The van der Waals surface area contributed by atoms with E-state index in [-0.39, 0.29) is 61.9 Å². The van der Waals surface area contributed by atoms with Gasteiger partial charge in [-0.2, -0.15) is 17.5 Å². The second-order valence-electron chi connectivity index (χ2n) is 4.61. The molecule has 1 rings (SSSR count). The van der Waals surface area contributed by atoms with Crippen molar-refractivity contribution < 1.29 is 30.4 Å². The van der Waals surface area contributed by atoms with Crippen LogP contribution >= 0.6 is 24.0 Å². The van der Waals surface area contributed by atoms with Crippen molar-refractivity contribution in [2.75, 3.05) is 26.7 Å². The summed E-state index contributed by atoms with van der Waals surface area (Å²) < 4.78 is 84.2. The van der Waals surface area contributed by atoms with Crippen LogP contribution in [0.5, 0.6) is 0 Å². The molecule has 6 nitrogen and oxygen atoms in total. The van der Waals surface area contributed by atoms with Gasteiger partial charge in [0.25, 0.3) is 6.43 Å². The monoisotopic (exact) mass is 480 g/mol. The number of aliphatic imine (C=N–C) groups is 1. The van der Waals surface area contributed by atoms with Crippen molar-refractivity contribution in [2.45, 2.75) is 30.8 Å². The molecule has 0 aliphatic carbocycles. The predicted molar refractivity (Wildman–Crippen MR) is 85.5 cm³/mol. The molecule has 1 heterocycles. The van der Waals surface area contributed by atoms with Gasteiger partial charge < -0.3 is 10.6 Å². The first kappa shape index (κ1) is 22.6. The molecule has 0 unspecified atom stereocenters. The Kier molecular flexibility index (Phi) is 8.97. The quantitative estimate of drug-likeness (QED) is 0.276. The van der Waals surface area contributed by atoms with Crippen molar-refractivity contribution in [3.05, 3.63) is 0 Å². The lowest BCUT2D eigenvalue weighted by Crippen LogP contribution is -2.52. The molecule has 0 aromatic heterocycles. The molecular weight excluding hydrogens is 462 g/mol. The second kappa shape index (κ2) is 9.15. The Labute approximate surface area is 148 Å². The van der Waals surface area contributed by atoms with Crippen molar-refractivity contribution >= 4 is 40.0 Å². The summed E-state index contributed by atoms with van der Waals surface area (Å²) in [4.78, 5) is 3.71. The number of sulfonamides is 1. The molecule has 138 valence electrons. The maximum Gasteiger partial charge on any atom is 0.511 e. The smallest absolute Gasteiger partial charge is 0.354 e. The molecule has 0 atom stereocenters. The van der Waals surface area contributed by atoms with Gasteiger partial charge in [-0.3, -0.25) is 4.99 Å². The molecule has 1 aliphatic rings. The fourth-order valence-corrected chi connectivity index (χ4v) is 2.93. The Bertz CT molecular complexity index is 492. The summed E-state index contributed by atoms with van der Waals surface area (Å²) in [6.07, 6.45) is -2.34. The van der Waals surface area contributed by atoms with Crippen LogP contribution in [0.3, 0.4) is 0 Å². The summed E-state index contributed by atoms with van der Waals surface area (Å²) in [5.74, 6) is 0.0948. The lowest BCUT2D eigenvalue weighted by atomic mass is 10.1. The molecule has 1 saturated heterocycles. The molecule has 0 saturated carbocycles. The first-order valence-corrected chi connectivity index (χ1v) is 7.83. The number of piperidine rings is 1. The Morgan fingerprint density at radius 2 is 1.83 bits per heavy atom. The molecule has 0 radical (unpaired) electrons. The Morgan fingerprint density at radius 3 is 2.22 bits per heavy atom. The van der Waals surface area contributed by atoms with Crippen LogP contribution < -0.4 is 10.6 Å². The van der Waals surface area contributed by atoms with Crippen LogP contribution in [0.2, 0.25) is 0 Å². The Morgan fingerprint density at radius 1 is 1.30 bits per heavy atom. The highest BCUT2D eigenvalue weighted by atomic mass is 127. The van der Waals surface area contributed by atoms with Crippen molar-refractivity contribution in [2.24, 2.45) is 4.99 Å². The van der Waals surface area contributed by atoms with Gasteiger partial charge in [0, 0.05) is 26.2 Å². The van der Waals surface area contributed by atoms with Crippen LogP contribution in [-0.2, 0) is 10.0 Å². The van der Waals surface area contributed by atoms with Crippen LogP contribution in [0, 0.1) is 0 Å². The highest BCUT2D eigenvalue weighted by Crippen LogP contribution is 2.28. The summed E-state index contributed by atoms with van der Waals surface area (Å²) in [7, 11) is -3.95. The first-order chi connectivity index (χ1) is 10.1. The molecule has 13 heteroatoms. The van der Waals surface area contributed by atoms with E-state index in [1.165, 1.54) is 7.05 Å². The van der Waals surface area contributed by atoms with Gasteiger partial charge in [-0.25, -0.2) is 17.2 Å². The molecule has 1 aliphatic heterocycles. The lowest BCUT2D eigenvalue weighted by molar-refractivity contribution is -0.0494. The summed E-state index contributed by atoms with van der Waals surface area (Å²) in [5.41, 5.74) is -5.32. The largest absolute Gasteiger partial charge is 0.511 e. The number of guanidine groups is 1.